The number of carboxylic acids is 1. The summed E-state index contributed by atoms with van der Waals surface area (Å²) in [4.78, 5) is 10.6. The minimum absolute atomic E-state index is 0.271. The van der Waals surface area contributed by atoms with Gasteiger partial charge in [0.15, 0.2) is 5.29 Å². The molecular weight excluding hydrogens is 183 g/mol. The molecule has 0 aromatic heterocycles. The zero-order valence-corrected chi connectivity index (χ0v) is 7.60. The second-order valence-electron chi connectivity index (χ2n) is 3.62. The standard InChI is InChI=1S/C8H10ClFO2/c1-8(2)4(3-5(9)10)6(8)7(11)12/h3-4,6H,1-2H3,(H,11,12)/b5-3-/t4-,6-/m0/s1. The van der Waals surface area contributed by atoms with Crippen LogP contribution >= 0.6 is 11.6 Å². The fraction of sp³-hybridized carbons (Fsp3) is 0.625. The van der Waals surface area contributed by atoms with E-state index in [2.05, 4.69) is 0 Å². The number of allylic oxidation sites excluding steroid dienone is 1. The molecule has 0 heterocycles. The Labute approximate surface area is 75.0 Å². The molecule has 0 aromatic carbocycles. The van der Waals surface area contributed by atoms with Crippen LogP contribution in [-0.4, -0.2) is 11.1 Å². The first kappa shape index (κ1) is 9.52. The second kappa shape index (κ2) is 2.73. The molecule has 0 aromatic rings. The predicted octanol–water partition coefficient (Wildman–Crippen LogP) is 2.39. The van der Waals surface area contributed by atoms with Gasteiger partial charge in [0.2, 0.25) is 0 Å². The molecule has 4 heteroatoms. The Kier molecular flexibility index (Phi) is 2.17. The Morgan fingerprint density at radius 3 is 2.42 bits per heavy atom. The summed E-state index contributed by atoms with van der Waals surface area (Å²) in [5, 5.41) is 7.86. The molecule has 0 saturated heterocycles. The molecular formula is C8H10ClFO2. The van der Waals surface area contributed by atoms with Gasteiger partial charge in [-0.15, -0.1) is 0 Å². The quantitative estimate of drug-likeness (QED) is 0.730. The van der Waals surface area contributed by atoms with E-state index < -0.39 is 17.2 Å². The molecule has 0 amide bonds. The van der Waals surface area contributed by atoms with E-state index in [-0.39, 0.29) is 11.3 Å². The van der Waals surface area contributed by atoms with Crippen molar-refractivity contribution in [2.75, 3.05) is 0 Å². The van der Waals surface area contributed by atoms with Gasteiger partial charge in [-0.3, -0.25) is 4.79 Å². The Morgan fingerprint density at radius 1 is 1.67 bits per heavy atom. The van der Waals surface area contributed by atoms with Crippen molar-refractivity contribution in [2.45, 2.75) is 13.8 Å². The topological polar surface area (TPSA) is 37.3 Å². The molecule has 0 radical (unpaired) electrons. The highest BCUT2D eigenvalue weighted by Crippen LogP contribution is 2.59. The molecule has 1 aliphatic carbocycles. The van der Waals surface area contributed by atoms with E-state index in [0.717, 1.165) is 0 Å². The first-order chi connectivity index (χ1) is 5.37. The van der Waals surface area contributed by atoms with E-state index in [1.165, 1.54) is 6.08 Å². The van der Waals surface area contributed by atoms with E-state index in [4.69, 9.17) is 16.7 Å². The normalized spacial score (nSPS) is 33.2. The number of hydrogen-bond acceptors (Lipinski definition) is 1. The monoisotopic (exact) mass is 192 g/mol. The summed E-state index contributed by atoms with van der Waals surface area (Å²) >= 11 is 5.01. The Morgan fingerprint density at radius 2 is 2.17 bits per heavy atom. The van der Waals surface area contributed by atoms with Gasteiger partial charge in [0, 0.05) is 5.92 Å². The lowest BCUT2D eigenvalue weighted by molar-refractivity contribution is -0.139. The van der Waals surface area contributed by atoms with Crippen LogP contribution in [0.25, 0.3) is 0 Å². The van der Waals surface area contributed by atoms with Crippen LogP contribution in [0.5, 0.6) is 0 Å². The smallest absolute Gasteiger partial charge is 0.307 e. The van der Waals surface area contributed by atoms with Crippen LogP contribution in [0.4, 0.5) is 4.39 Å². The van der Waals surface area contributed by atoms with Crippen LogP contribution in [0.3, 0.4) is 0 Å². The van der Waals surface area contributed by atoms with Gasteiger partial charge in [-0.25, -0.2) is 0 Å². The third-order valence-electron chi connectivity index (χ3n) is 2.48. The van der Waals surface area contributed by atoms with Crippen molar-refractivity contribution in [3.63, 3.8) is 0 Å². The summed E-state index contributed by atoms with van der Waals surface area (Å²) in [5.41, 5.74) is -0.363. The predicted molar refractivity (Wildman–Crippen MR) is 43.4 cm³/mol. The van der Waals surface area contributed by atoms with E-state index in [0.29, 0.717) is 0 Å². The first-order valence-electron chi connectivity index (χ1n) is 3.63. The van der Waals surface area contributed by atoms with Crippen molar-refractivity contribution in [3.8, 4) is 0 Å². The maximum Gasteiger partial charge on any atom is 0.307 e. The lowest BCUT2D eigenvalue weighted by atomic mass is 10.1. The highest BCUT2D eigenvalue weighted by molar-refractivity contribution is 6.28. The van der Waals surface area contributed by atoms with E-state index in [1.54, 1.807) is 13.8 Å². The fourth-order valence-electron chi connectivity index (χ4n) is 1.60. The largest absolute Gasteiger partial charge is 0.481 e. The molecule has 12 heavy (non-hydrogen) atoms. The Balaban J connectivity index is 2.73. The van der Waals surface area contributed by atoms with Crippen LogP contribution in [0.15, 0.2) is 11.4 Å². The average molecular weight is 193 g/mol. The SMILES string of the molecule is CC1(C)[C@H](C(=O)O)[C@@H]1/C=C(\F)Cl. The summed E-state index contributed by atoms with van der Waals surface area (Å²) in [6.45, 7) is 3.57. The molecule has 1 rings (SSSR count). The number of rotatable bonds is 2. The lowest BCUT2D eigenvalue weighted by Crippen LogP contribution is -2.02. The maximum absolute atomic E-state index is 12.2. The summed E-state index contributed by atoms with van der Waals surface area (Å²) in [6, 6.07) is 0. The molecule has 1 saturated carbocycles. The van der Waals surface area contributed by atoms with Crippen molar-refractivity contribution in [2.24, 2.45) is 17.3 Å². The van der Waals surface area contributed by atoms with E-state index in [1.807, 2.05) is 0 Å². The summed E-state index contributed by atoms with van der Waals surface area (Å²) in [5.74, 6) is -1.66. The molecule has 1 fully saturated rings. The van der Waals surface area contributed by atoms with Gasteiger partial charge >= 0.3 is 5.97 Å². The highest BCUT2D eigenvalue weighted by Gasteiger charge is 2.61. The average Bonchev–Trinajstić information content (AvgIpc) is 2.32. The van der Waals surface area contributed by atoms with Gasteiger partial charge in [0.05, 0.1) is 5.92 Å². The van der Waals surface area contributed by atoms with Crippen molar-refractivity contribution >= 4 is 17.6 Å². The van der Waals surface area contributed by atoms with Gasteiger partial charge in [-0.1, -0.05) is 25.4 Å². The third-order valence-corrected chi connectivity index (χ3v) is 2.61. The third kappa shape index (κ3) is 1.46. The van der Waals surface area contributed by atoms with E-state index >= 15 is 0 Å². The number of carboxylic acid groups (broad SMARTS) is 1. The molecule has 0 bridgehead atoms. The van der Waals surface area contributed by atoms with Crippen LogP contribution in [0, 0.1) is 17.3 Å². The molecule has 68 valence electrons. The molecule has 2 atom stereocenters. The van der Waals surface area contributed by atoms with Gasteiger partial charge in [-0.05, 0) is 11.5 Å². The summed E-state index contributed by atoms with van der Waals surface area (Å²) < 4.78 is 12.2. The van der Waals surface area contributed by atoms with Crippen LogP contribution in [0.2, 0.25) is 0 Å². The number of halogens is 2. The number of hydrogen-bond donors (Lipinski definition) is 1. The second-order valence-corrected chi connectivity index (χ2v) is 3.98. The molecule has 0 aliphatic heterocycles. The van der Waals surface area contributed by atoms with Gasteiger partial charge < -0.3 is 5.11 Å². The summed E-state index contributed by atoms with van der Waals surface area (Å²) in [7, 11) is 0. The van der Waals surface area contributed by atoms with Crippen molar-refractivity contribution in [1.29, 1.82) is 0 Å². The van der Waals surface area contributed by atoms with Crippen LogP contribution in [0.1, 0.15) is 13.8 Å². The van der Waals surface area contributed by atoms with Crippen molar-refractivity contribution < 1.29 is 14.3 Å². The molecule has 1 N–H and O–H groups in total. The van der Waals surface area contributed by atoms with Gasteiger partial charge in [0.25, 0.3) is 0 Å². The molecule has 2 nitrogen and oxygen atoms in total. The van der Waals surface area contributed by atoms with E-state index in [9.17, 15) is 9.18 Å². The first-order valence-corrected chi connectivity index (χ1v) is 4.01. The number of carbonyl (C=O) groups is 1. The van der Waals surface area contributed by atoms with Crippen molar-refractivity contribution in [3.05, 3.63) is 11.4 Å². The maximum atomic E-state index is 12.2. The fourth-order valence-corrected chi connectivity index (χ4v) is 1.73. The molecule has 0 spiro atoms. The number of aliphatic carboxylic acids is 1. The van der Waals surface area contributed by atoms with Crippen LogP contribution < -0.4 is 0 Å². The highest BCUT2D eigenvalue weighted by atomic mass is 35.5. The minimum atomic E-state index is -0.890. The lowest BCUT2D eigenvalue weighted by Gasteiger charge is -1.95. The van der Waals surface area contributed by atoms with Crippen molar-refractivity contribution in [1.82, 2.24) is 0 Å². The van der Waals surface area contributed by atoms with Gasteiger partial charge in [-0.2, -0.15) is 4.39 Å². The summed E-state index contributed by atoms with van der Waals surface area (Å²) in [6.07, 6.45) is 1.17. The zero-order chi connectivity index (χ0) is 9.52. The molecule has 0 unspecified atom stereocenters. The zero-order valence-electron chi connectivity index (χ0n) is 6.84. The molecule has 1 aliphatic rings. The Bertz CT molecular complexity index is 243. The van der Waals surface area contributed by atoms with Crippen LogP contribution in [-0.2, 0) is 4.79 Å². The Hall–Kier alpha value is -0.570. The van der Waals surface area contributed by atoms with Gasteiger partial charge in [0.1, 0.15) is 0 Å². The minimum Gasteiger partial charge on any atom is -0.481 e.